The van der Waals surface area contributed by atoms with Gasteiger partial charge in [0.15, 0.2) is 0 Å². The van der Waals surface area contributed by atoms with E-state index in [2.05, 4.69) is 24.6 Å². The predicted molar refractivity (Wildman–Crippen MR) is 83.2 cm³/mol. The van der Waals surface area contributed by atoms with Crippen LogP contribution in [0.3, 0.4) is 0 Å². The minimum Gasteiger partial charge on any atom is -0.389 e. The van der Waals surface area contributed by atoms with Gasteiger partial charge >= 0.3 is 0 Å². The number of benzene rings is 1. The zero-order valence-corrected chi connectivity index (χ0v) is 12.3. The molecule has 4 heteroatoms. The van der Waals surface area contributed by atoms with Crippen LogP contribution in [0.15, 0.2) is 18.2 Å². The van der Waals surface area contributed by atoms with Crippen molar-refractivity contribution in [3.05, 3.63) is 29.3 Å². The second-order valence-corrected chi connectivity index (χ2v) is 5.87. The molecule has 0 amide bonds. The van der Waals surface area contributed by atoms with Gasteiger partial charge in [-0.3, -0.25) is 0 Å². The van der Waals surface area contributed by atoms with Crippen LogP contribution in [-0.2, 0) is 0 Å². The van der Waals surface area contributed by atoms with Crippen LogP contribution in [0.25, 0.3) is 0 Å². The van der Waals surface area contributed by atoms with Gasteiger partial charge in [-0.25, -0.2) is 0 Å². The Balaban J connectivity index is 2.56. The monoisotopic (exact) mass is 268 g/mol. The van der Waals surface area contributed by atoms with Gasteiger partial charge in [-0.05, 0) is 43.4 Å². The molecule has 0 radical (unpaired) electrons. The highest BCUT2D eigenvalue weighted by atomic mass is 32.2. The van der Waals surface area contributed by atoms with Crippen LogP contribution in [0.4, 0.5) is 5.69 Å². The Morgan fingerprint density at radius 3 is 2.76 bits per heavy atom. The van der Waals surface area contributed by atoms with Crippen LogP contribution >= 0.6 is 24.0 Å². The third kappa shape index (κ3) is 4.56. The molecule has 17 heavy (non-hydrogen) atoms. The summed E-state index contributed by atoms with van der Waals surface area (Å²) in [7, 11) is 0. The first-order valence-electron chi connectivity index (χ1n) is 5.71. The van der Waals surface area contributed by atoms with E-state index in [0.29, 0.717) is 10.2 Å². The van der Waals surface area contributed by atoms with Crippen molar-refractivity contribution in [2.45, 2.75) is 25.5 Å². The van der Waals surface area contributed by atoms with E-state index in [4.69, 9.17) is 18.0 Å². The molecule has 3 N–H and O–H groups in total. The number of thioether (sulfide) groups is 1. The van der Waals surface area contributed by atoms with Crippen LogP contribution in [-0.4, -0.2) is 23.0 Å². The molecule has 1 atom stereocenters. The second-order valence-electron chi connectivity index (χ2n) is 4.16. The zero-order valence-electron chi connectivity index (χ0n) is 10.6. The van der Waals surface area contributed by atoms with Crippen molar-refractivity contribution in [3.63, 3.8) is 0 Å². The summed E-state index contributed by atoms with van der Waals surface area (Å²) in [6.07, 6.45) is 3.31. The molecule has 1 unspecified atom stereocenters. The van der Waals surface area contributed by atoms with Crippen molar-refractivity contribution < 1.29 is 0 Å². The number of thiocarbonyl (C=S) groups is 1. The lowest BCUT2D eigenvalue weighted by atomic mass is 10.1. The lowest BCUT2D eigenvalue weighted by Gasteiger charge is -2.12. The van der Waals surface area contributed by atoms with Crippen molar-refractivity contribution in [3.8, 4) is 0 Å². The van der Waals surface area contributed by atoms with E-state index in [1.807, 2.05) is 30.8 Å². The summed E-state index contributed by atoms with van der Waals surface area (Å²) < 4.78 is 0. The summed E-state index contributed by atoms with van der Waals surface area (Å²) in [6.45, 7) is 5.27. The Morgan fingerprint density at radius 2 is 2.24 bits per heavy atom. The van der Waals surface area contributed by atoms with Gasteiger partial charge in [0.25, 0.3) is 0 Å². The maximum absolute atomic E-state index is 5.63. The molecule has 94 valence electrons. The average Bonchev–Trinajstić information content (AvgIpc) is 2.28. The van der Waals surface area contributed by atoms with E-state index in [0.717, 1.165) is 29.8 Å². The van der Waals surface area contributed by atoms with E-state index in [-0.39, 0.29) is 0 Å². The third-order valence-electron chi connectivity index (χ3n) is 2.77. The molecular formula is C13H20N2S2. The van der Waals surface area contributed by atoms with E-state index in [1.54, 1.807) is 0 Å². The number of anilines is 1. The number of hydrogen-bond donors (Lipinski definition) is 2. The highest BCUT2D eigenvalue weighted by Crippen LogP contribution is 2.16. The molecule has 0 aliphatic rings. The second kappa shape index (κ2) is 6.87. The van der Waals surface area contributed by atoms with Gasteiger partial charge in [-0.15, -0.1) is 0 Å². The average molecular weight is 268 g/mol. The van der Waals surface area contributed by atoms with Crippen molar-refractivity contribution in [1.29, 1.82) is 0 Å². The molecule has 0 aromatic heterocycles. The Kier molecular flexibility index (Phi) is 5.78. The van der Waals surface area contributed by atoms with Gasteiger partial charge in [0, 0.05) is 23.0 Å². The first-order chi connectivity index (χ1) is 8.04. The van der Waals surface area contributed by atoms with E-state index in [1.165, 1.54) is 0 Å². The first-order valence-corrected chi connectivity index (χ1v) is 7.41. The largest absolute Gasteiger partial charge is 0.389 e. The molecular weight excluding hydrogens is 248 g/mol. The SMILES string of the molecule is CSC(C)CCNc1ccc(C(N)=S)c(C)c1. The Hall–Kier alpha value is -0.740. The quantitative estimate of drug-likeness (QED) is 0.777. The topological polar surface area (TPSA) is 38.0 Å². The highest BCUT2D eigenvalue weighted by Gasteiger charge is 2.03. The van der Waals surface area contributed by atoms with Gasteiger partial charge < -0.3 is 11.1 Å². The lowest BCUT2D eigenvalue weighted by Crippen LogP contribution is -2.12. The van der Waals surface area contributed by atoms with E-state index >= 15 is 0 Å². The van der Waals surface area contributed by atoms with Crippen molar-refractivity contribution in [2.75, 3.05) is 18.1 Å². The summed E-state index contributed by atoms with van der Waals surface area (Å²) >= 11 is 6.88. The Labute approximate surface area is 113 Å². The van der Waals surface area contributed by atoms with E-state index in [9.17, 15) is 0 Å². The molecule has 1 aromatic rings. The normalized spacial score (nSPS) is 12.2. The Bertz CT molecular complexity index is 391. The van der Waals surface area contributed by atoms with Gasteiger partial charge in [-0.1, -0.05) is 19.1 Å². The molecule has 0 aliphatic heterocycles. The van der Waals surface area contributed by atoms with Crippen LogP contribution in [0.1, 0.15) is 24.5 Å². The molecule has 0 fully saturated rings. The maximum atomic E-state index is 5.63. The van der Waals surface area contributed by atoms with Crippen molar-refractivity contribution in [2.24, 2.45) is 5.73 Å². The van der Waals surface area contributed by atoms with Gasteiger partial charge in [-0.2, -0.15) is 11.8 Å². The van der Waals surface area contributed by atoms with Crippen molar-refractivity contribution >= 4 is 34.7 Å². The summed E-state index contributed by atoms with van der Waals surface area (Å²) in [4.78, 5) is 0.463. The Morgan fingerprint density at radius 1 is 1.53 bits per heavy atom. The third-order valence-corrected chi connectivity index (χ3v) is 4.03. The standard InChI is InChI=1S/C13H20N2S2/c1-9-8-11(4-5-12(9)13(14)16)15-7-6-10(2)17-3/h4-5,8,10,15H,6-7H2,1-3H3,(H2,14,16). The minimum absolute atomic E-state index is 0.463. The summed E-state index contributed by atoms with van der Waals surface area (Å²) in [6, 6.07) is 6.11. The van der Waals surface area contributed by atoms with Crippen LogP contribution in [0, 0.1) is 6.92 Å². The molecule has 0 spiro atoms. The lowest BCUT2D eigenvalue weighted by molar-refractivity contribution is 0.854. The van der Waals surface area contributed by atoms with E-state index < -0.39 is 0 Å². The number of aryl methyl sites for hydroxylation is 1. The number of nitrogens with one attached hydrogen (secondary N) is 1. The number of hydrogen-bond acceptors (Lipinski definition) is 3. The van der Waals surface area contributed by atoms with Crippen LogP contribution < -0.4 is 11.1 Å². The first kappa shape index (κ1) is 14.3. The fourth-order valence-corrected chi connectivity index (χ4v) is 2.17. The predicted octanol–water partition coefficient (Wildman–Crippen LogP) is 3.18. The molecule has 1 aromatic carbocycles. The molecule has 0 saturated carbocycles. The summed E-state index contributed by atoms with van der Waals surface area (Å²) in [5.74, 6) is 0. The summed E-state index contributed by atoms with van der Waals surface area (Å²) in [5.41, 5.74) is 8.85. The fraction of sp³-hybridized carbons (Fsp3) is 0.462. The number of nitrogens with two attached hydrogens (primary N) is 1. The maximum Gasteiger partial charge on any atom is 0.104 e. The molecule has 0 saturated heterocycles. The zero-order chi connectivity index (χ0) is 12.8. The fourth-order valence-electron chi connectivity index (χ4n) is 1.59. The van der Waals surface area contributed by atoms with Gasteiger partial charge in [0.2, 0.25) is 0 Å². The molecule has 0 aliphatic carbocycles. The molecule has 0 bridgehead atoms. The van der Waals surface area contributed by atoms with Gasteiger partial charge in [0.1, 0.15) is 4.99 Å². The molecule has 2 nitrogen and oxygen atoms in total. The molecule has 0 heterocycles. The minimum atomic E-state index is 0.463. The highest BCUT2D eigenvalue weighted by molar-refractivity contribution is 7.99. The van der Waals surface area contributed by atoms with Gasteiger partial charge in [0.05, 0.1) is 0 Å². The smallest absolute Gasteiger partial charge is 0.104 e. The summed E-state index contributed by atoms with van der Waals surface area (Å²) in [5, 5.41) is 4.11. The van der Waals surface area contributed by atoms with Crippen LogP contribution in [0.5, 0.6) is 0 Å². The van der Waals surface area contributed by atoms with Crippen LogP contribution in [0.2, 0.25) is 0 Å². The van der Waals surface area contributed by atoms with Crippen molar-refractivity contribution in [1.82, 2.24) is 0 Å². The molecule has 1 rings (SSSR count). The number of rotatable bonds is 6.